The Kier molecular flexibility index (Phi) is 4.90. The van der Waals surface area contributed by atoms with Crippen LogP contribution in [0.1, 0.15) is 45.9 Å². The largest absolute Gasteiger partial charge is 0.306 e. The molecule has 4 rings (SSSR count). The van der Waals surface area contributed by atoms with E-state index in [-0.39, 0.29) is 5.91 Å². The van der Waals surface area contributed by atoms with Gasteiger partial charge in [0.05, 0.1) is 16.9 Å². The zero-order chi connectivity index (χ0) is 18.8. The van der Waals surface area contributed by atoms with Crippen LogP contribution in [-0.4, -0.2) is 21.2 Å². The van der Waals surface area contributed by atoms with Gasteiger partial charge in [-0.25, -0.2) is 10.4 Å². The Morgan fingerprint density at radius 3 is 2.89 bits per heavy atom. The van der Waals surface area contributed by atoms with Crippen molar-refractivity contribution in [3.8, 4) is 5.69 Å². The van der Waals surface area contributed by atoms with Crippen molar-refractivity contribution < 1.29 is 4.79 Å². The first kappa shape index (κ1) is 17.7. The molecule has 2 heterocycles. The second kappa shape index (κ2) is 7.48. The Hall–Kier alpha value is -2.73. The molecule has 1 N–H and O–H groups in total. The Bertz CT molecular complexity index is 970. The van der Waals surface area contributed by atoms with Crippen LogP contribution < -0.4 is 5.43 Å². The van der Waals surface area contributed by atoms with Crippen molar-refractivity contribution in [2.45, 2.75) is 33.1 Å². The van der Waals surface area contributed by atoms with Gasteiger partial charge in [0.1, 0.15) is 0 Å². The average molecular weight is 379 g/mol. The van der Waals surface area contributed by atoms with Gasteiger partial charge in [0.15, 0.2) is 0 Å². The summed E-state index contributed by atoms with van der Waals surface area (Å²) in [5.74, 6) is 0.578. The van der Waals surface area contributed by atoms with Crippen LogP contribution in [0, 0.1) is 5.92 Å². The first-order valence-corrected chi connectivity index (χ1v) is 9.97. The number of rotatable bonds is 4. The zero-order valence-electron chi connectivity index (χ0n) is 15.5. The number of hydrazone groups is 1. The summed E-state index contributed by atoms with van der Waals surface area (Å²) in [7, 11) is 0. The average Bonchev–Trinajstić information content (AvgIpc) is 3.35. The van der Waals surface area contributed by atoms with Gasteiger partial charge in [-0.05, 0) is 61.4 Å². The van der Waals surface area contributed by atoms with Gasteiger partial charge in [0, 0.05) is 23.0 Å². The maximum Gasteiger partial charge on any atom is 0.281 e. The summed E-state index contributed by atoms with van der Waals surface area (Å²) in [6.45, 7) is 4.17. The molecule has 0 radical (unpaired) electrons. The predicted molar refractivity (Wildman–Crippen MR) is 109 cm³/mol. The molecule has 1 atom stereocenters. The number of nitrogens with one attached hydrogen (secondary N) is 1. The summed E-state index contributed by atoms with van der Waals surface area (Å²) in [5, 5.41) is 4.29. The van der Waals surface area contributed by atoms with Gasteiger partial charge >= 0.3 is 0 Å². The normalized spacial score (nSPS) is 16.8. The van der Waals surface area contributed by atoms with Crippen LogP contribution in [0.25, 0.3) is 5.69 Å². The Balaban J connectivity index is 1.43. The van der Waals surface area contributed by atoms with Gasteiger partial charge < -0.3 is 4.57 Å². The lowest BCUT2D eigenvalue weighted by atomic mass is 9.90. The topological polar surface area (TPSA) is 59.3 Å². The van der Waals surface area contributed by atoms with E-state index in [1.807, 2.05) is 48.0 Å². The lowest BCUT2D eigenvalue weighted by Gasteiger charge is -2.16. The fourth-order valence-electron chi connectivity index (χ4n) is 3.32. The van der Waals surface area contributed by atoms with Crippen molar-refractivity contribution in [3.63, 3.8) is 0 Å². The minimum absolute atomic E-state index is 0.128. The Labute approximate surface area is 162 Å². The maximum atomic E-state index is 12.5. The molecule has 1 amide bonds. The highest BCUT2D eigenvalue weighted by Gasteiger charge is 2.20. The number of hydrogen-bond acceptors (Lipinski definition) is 4. The quantitative estimate of drug-likeness (QED) is 0.546. The van der Waals surface area contributed by atoms with Crippen LogP contribution in [0.3, 0.4) is 0 Å². The number of imidazole rings is 1. The van der Waals surface area contributed by atoms with E-state index in [9.17, 15) is 4.79 Å². The molecule has 0 aliphatic heterocycles. The first-order chi connectivity index (χ1) is 13.1. The first-order valence-electron chi connectivity index (χ1n) is 9.15. The summed E-state index contributed by atoms with van der Waals surface area (Å²) in [6, 6.07) is 10.0. The van der Waals surface area contributed by atoms with E-state index in [2.05, 4.69) is 22.4 Å². The van der Waals surface area contributed by atoms with Crippen LogP contribution in [-0.2, 0) is 12.8 Å². The standard InChI is InChI=1S/C21H22N4OS/c1-14-3-4-17-12-20(27-19(17)11-14)21(26)24-23-15(2)16-5-7-18(8-6-16)25-10-9-22-13-25/h5-10,12-14H,3-4,11H2,1-2H3,(H,24,26)/b23-15-/t14-/m0/s1. The van der Waals surface area contributed by atoms with E-state index in [0.29, 0.717) is 5.92 Å². The third kappa shape index (κ3) is 3.85. The van der Waals surface area contributed by atoms with Gasteiger partial charge in [0.25, 0.3) is 5.91 Å². The van der Waals surface area contributed by atoms with E-state index in [1.54, 1.807) is 23.9 Å². The highest BCUT2D eigenvalue weighted by Crippen LogP contribution is 2.32. The highest BCUT2D eigenvalue weighted by molar-refractivity contribution is 7.14. The van der Waals surface area contributed by atoms with Crippen molar-refractivity contribution in [1.82, 2.24) is 15.0 Å². The number of thiophene rings is 1. The molecule has 0 saturated carbocycles. The maximum absolute atomic E-state index is 12.5. The predicted octanol–water partition coefficient (Wildman–Crippen LogP) is 4.21. The van der Waals surface area contributed by atoms with Crippen molar-refractivity contribution in [3.05, 3.63) is 69.9 Å². The van der Waals surface area contributed by atoms with Crippen molar-refractivity contribution in [1.29, 1.82) is 0 Å². The third-order valence-electron chi connectivity index (χ3n) is 4.97. The smallest absolute Gasteiger partial charge is 0.281 e. The number of carbonyl (C=O) groups excluding carboxylic acids is 1. The van der Waals surface area contributed by atoms with Crippen LogP contribution in [0.15, 0.2) is 54.2 Å². The zero-order valence-corrected chi connectivity index (χ0v) is 16.3. The van der Waals surface area contributed by atoms with Gasteiger partial charge in [-0.1, -0.05) is 19.1 Å². The van der Waals surface area contributed by atoms with E-state index in [0.717, 1.165) is 34.7 Å². The molecule has 1 aliphatic rings. The molecular formula is C21H22N4OS. The molecule has 138 valence electrons. The minimum Gasteiger partial charge on any atom is -0.306 e. The number of hydrogen-bond donors (Lipinski definition) is 1. The number of carbonyl (C=O) groups is 1. The van der Waals surface area contributed by atoms with E-state index < -0.39 is 0 Å². The van der Waals surface area contributed by atoms with Crippen molar-refractivity contribution in [2.75, 3.05) is 0 Å². The number of benzene rings is 1. The van der Waals surface area contributed by atoms with E-state index in [4.69, 9.17) is 0 Å². The lowest BCUT2D eigenvalue weighted by Crippen LogP contribution is -2.18. The molecular weight excluding hydrogens is 356 g/mol. The van der Waals surface area contributed by atoms with Gasteiger partial charge in [-0.3, -0.25) is 4.79 Å². The molecule has 0 saturated heterocycles. The molecule has 0 unspecified atom stereocenters. The second-order valence-corrected chi connectivity index (χ2v) is 8.20. The molecule has 1 aromatic carbocycles. The molecule has 2 aromatic heterocycles. The van der Waals surface area contributed by atoms with Gasteiger partial charge in [-0.2, -0.15) is 5.10 Å². The Morgan fingerprint density at radius 2 is 2.15 bits per heavy atom. The number of aryl methyl sites for hydroxylation is 1. The third-order valence-corrected chi connectivity index (χ3v) is 6.17. The highest BCUT2D eigenvalue weighted by atomic mass is 32.1. The van der Waals surface area contributed by atoms with Crippen molar-refractivity contribution in [2.24, 2.45) is 11.0 Å². The number of fused-ring (bicyclic) bond motifs is 1. The summed E-state index contributed by atoms with van der Waals surface area (Å²) < 4.78 is 1.94. The summed E-state index contributed by atoms with van der Waals surface area (Å²) in [6.07, 6.45) is 8.77. The number of amides is 1. The van der Waals surface area contributed by atoms with Gasteiger partial charge in [0.2, 0.25) is 0 Å². The molecule has 27 heavy (non-hydrogen) atoms. The molecule has 5 nitrogen and oxygen atoms in total. The Morgan fingerprint density at radius 1 is 1.33 bits per heavy atom. The summed E-state index contributed by atoms with van der Waals surface area (Å²) in [4.78, 5) is 18.6. The second-order valence-electron chi connectivity index (χ2n) is 7.06. The van der Waals surface area contributed by atoms with Crippen LogP contribution in [0.2, 0.25) is 0 Å². The molecule has 1 aliphatic carbocycles. The van der Waals surface area contributed by atoms with Crippen LogP contribution in [0.5, 0.6) is 0 Å². The molecule has 0 fully saturated rings. The SMILES string of the molecule is C/C(=N/NC(=O)c1cc2c(s1)C[C@@H](C)CC2)c1ccc(-n2ccnc2)cc1. The van der Waals surface area contributed by atoms with Gasteiger partial charge in [-0.15, -0.1) is 11.3 Å². The minimum atomic E-state index is -0.128. The monoisotopic (exact) mass is 378 g/mol. The molecule has 3 aromatic rings. The summed E-state index contributed by atoms with van der Waals surface area (Å²) >= 11 is 1.61. The molecule has 6 heteroatoms. The fraction of sp³-hybridized carbons (Fsp3) is 0.286. The van der Waals surface area contributed by atoms with E-state index >= 15 is 0 Å². The van der Waals surface area contributed by atoms with Crippen LogP contribution >= 0.6 is 11.3 Å². The van der Waals surface area contributed by atoms with Crippen molar-refractivity contribution >= 4 is 23.0 Å². The van der Waals surface area contributed by atoms with E-state index in [1.165, 1.54) is 16.9 Å². The lowest BCUT2D eigenvalue weighted by molar-refractivity contribution is 0.0959. The molecule has 0 bridgehead atoms. The number of aromatic nitrogens is 2. The molecule has 0 spiro atoms. The van der Waals surface area contributed by atoms with Crippen LogP contribution in [0.4, 0.5) is 0 Å². The summed E-state index contributed by atoms with van der Waals surface area (Å²) in [5.41, 5.74) is 6.81. The number of nitrogens with zero attached hydrogens (tertiary/aromatic N) is 3. The fourth-order valence-corrected chi connectivity index (χ4v) is 4.59.